The van der Waals surface area contributed by atoms with Crippen LogP contribution in [0.3, 0.4) is 0 Å². The van der Waals surface area contributed by atoms with Crippen LogP contribution >= 0.6 is 0 Å². The van der Waals surface area contributed by atoms with Gasteiger partial charge in [-0.2, -0.15) is 9.78 Å². The Labute approximate surface area is 93.1 Å². The molecular weight excluding hydrogens is 204 g/mol. The fourth-order valence-electron chi connectivity index (χ4n) is 1.44. The Morgan fingerprint density at radius 1 is 1.31 bits per heavy atom. The molecule has 2 rings (SSSR count). The van der Waals surface area contributed by atoms with Crippen LogP contribution in [0.5, 0.6) is 5.75 Å². The largest absolute Gasteiger partial charge is 0.497 e. The van der Waals surface area contributed by atoms with E-state index in [0.29, 0.717) is 11.4 Å². The summed E-state index contributed by atoms with van der Waals surface area (Å²) in [6.07, 6.45) is 1.65. The molecule has 1 heterocycles. The van der Waals surface area contributed by atoms with Crippen molar-refractivity contribution in [3.8, 4) is 11.4 Å². The molecule has 0 bridgehead atoms. The molecule has 0 N–H and O–H groups in total. The third-order valence-electron chi connectivity index (χ3n) is 2.23. The second-order valence-electron chi connectivity index (χ2n) is 3.48. The van der Waals surface area contributed by atoms with E-state index in [1.165, 1.54) is 4.68 Å². The van der Waals surface area contributed by atoms with Crippen molar-refractivity contribution in [3.63, 3.8) is 0 Å². The molecule has 0 aliphatic rings. The van der Waals surface area contributed by atoms with Crippen LogP contribution in [0.4, 0.5) is 0 Å². The van der Waals surface area contributed by atoms with Crippen molar-refractivity contribution in [2.24, 2.45) is 0 Å². The molecule has 0 saturated carbocycles. The molecule has 0 radical (unpaired) electrons. The van der Waals surface area contributed by atoms with Gasteiger partial charge in [0.2, 0.25) is 0 Å². The topological polar surface area (TPSA) is 44.1 Å². The number of rotatable bonds is 2. The zero-order chi connectivity index (χ0) is 11.5. The first-order valence-electron chi connectivity index (χ1n) is 4.91. The van der Waals surface area contributed by atoms with Gasteiger partial charge in [-0.15, -0.1) is 0 Å². The maximum atomic E-state index is 11.7. The normalized spacial score (nSPS) is 10.1. The molecule has 0 amide bonds. The Balaban J connectivity index is 2.54. The molecule has 0 aliphatic heterocycles. The maximum absolute atomic E-state index is 11.7. The zero-order valence-electron chi connectivity index (χ0n) is 9.18. The average molecular weight is 216 g/mol. The van der Waals surface area contributed by atoms with Crippen molar-refractivity contribution in [1.29, 1.82) is 0 Å². The van der Waals surface area contributed by atoms with Gasteiger partial charge in [0.1, 0.15) is 5.75 Å². The molecule has 0 saturated heterocycles. The highest BCUT2D eigenvalue weighted by molar-refractivity contribution is 5.38. The summed E-state index contributed by atoms with van der Waals surface area (Å²) >= 11 is 0. The van der Waals surface area contributed by atoms with Crippen LogP contribution in [-0.2, 0) is 0 Å². The van der Waals surface area contributed by atoms with Gasteiger partial charge >= 0.3 is 0 Å². The Morgan fingerprint density at radius 2 is 2.12 bits per heavy atom. The van der Waals surface area contributed by atoms with Crippen LogP contribution in [0.25, 0.3) is 5.69 Å². The van der Waals surface area contributed by atoms with Gasteiger partial charge in [0.15, 0.2) is 0 Å². The smallest absolute Gasteiger partial charge is 0.271 e. The summed E-state index contributed by atoms with van der Waals surface area (Å²) in [7, 11) is 1.59. The van der Waals surface area contributed by atoms with E-state index in [9.17, 15) is 4.79 Å². The predicted octanol–water partition coefficient (Wildman–Crippen LogP) is 1.55. The quantitative estimate of drug-likeness (QED) is 0.765. The van der Waals surface area contributed by atoms with E-state index < -0.39 is 0 Å². The molecule has 1 aromatic heterocycles. The van der Waals surface area contributed by atoms with E-state index in [-0.39, 0.29) is 5.56 Å². The van der Waals surface area contributed by atoms with Crippen molar-refractivity contribution in [3.05, 3.63) is 52.4 Å². The molecule has 4 heteroatoms. The van der Waals surface area contributed by atoms with Crippen LogP contribution in [0.15, 0.2) is 41.3 Å². The van der Waals surface area contributed by atoms with Gasteiger partial charge in [0, 0.05) is 12.1 Å². The number of methoxy groups -OCH3 is 1. The van der Waals surface area contributed by atoms with E-state index in [1.54, 1.807) is 25.4 Å². The second kappa shape index (κ2) is 4.18. The number of hydrogen-bond donors (Lipinski definition) is 0. The van der Waals surface area contributed by atoms with Crippen LogP contribution in [0.2, 0.25) is 0 Å². The highest BCUT2D eigenvalue weighted by Crippen LogP contribution is 2.14. The van der Waals surface area contributed by atoms with Crippen LogP contribution < -0.4 is 10.3 Å². The molecular formula is C12H12N2O2. The molecule has 4 nitrogen and oxygen atoms in total. The summed E-state index contributed by atoms with van der Waals surface area (Å²) in [5, 5.41) is 4.07. The van der Waals surface area contributed by atoms with E-state index in [4.69, 9.17) is 4.74 Å². The van der Waals surface area contributed by atoms with Crippen LogP contribution in [-0.4, -0.2) is 16.9 Å². The molecule has 0 aliphatic carbocycles. The van der Waals surface area contributed by atoms with E-state index in [1.807, 2.05) is 25.1 Å². The first kappa shape index (κ1) is 10.4. The number of ether oxygens (including phenoxy) is 1. The molecule has 2 aromatic rings. The lowest BCUT2D eigenvalue weighted by Crippen LogP contribution is -2.20. The lowest BCUT2D eigenvalue weighted by Gasteiger charge is -2.06. The summed E-state index contributed by atoms with van der Waals surface area (Å²) in [6.45, 7) is 1.84. The second-order valence-corrected chi connectivity index (χ2v) is 3.48. The minimum absolute atomic E-state index is 0.145. The minimum atomic E-state index is -0.145. The molecule has 0 spiro atoms. The molecule has 0 atom stereocenters. The summed E-state index contributed by atoms with van der Waals surface area (Å²) in [6, 6.07) is 8.77. The van der Waals surface area contributed by atoms with Crippen molar-refractivity contribution in [2.45, 2.75) is 6.92 Å². The molecule has 82 valence electrons. The monoisotopic (exact) mass is 216 g/mol. The number of aryl methyl sites for hydroxylation is 1. The first-order chi connectivity index (χ1) is 7.70. The molecule has 1 aromatic carbocycles. The number of hydrogen-bond acceptors (Lipinski definition) is 3. The molecule has 0 unspecified atom stereocenters. The standard InChI is InChI=1S/C12H12N2O2/c1-9-6-12(15)14(13-8-9)10-4-3-5-11(7-10)16-2/h3-8H,1-2H3. The Hall–Kier alpha value is -2.10. The van der Waals surface area contributed by atoms with Crippen molar-refractivity contribution < 1.29 is 4.74 Å². The van der Waals surface area contributed by atoms with Gasteiger partial charge in [0.05, 0.1) is 19.0 Å². The highest BCUT2D eigenvalue weighted by Gasteiger charge is 2.02. The van der Waals surface area contributed by atoms with Crippen LogP contribution in [0, 0.1) is 6.92 Å². The molecule has 0 fully saturated rings. The fourth-order valence-corrected chi connectivity index (χ4v) is 1.44. The minimum Gasteiger partial charge on any atom is -0.497 e. The number of nitrogens with zero attached hydrogens (tertiary/aromatic N) is 2. The molecule has 16 heavy (non-hydrogen) atoms. The Bertz CT molecular complexity index is 561. The van der Waals surface area contributed by atoms with Crippen LogP contribution in [0.1, 0.15) is 5.56 Å². The lowest BCUT2D eigenvalue weighted by atomic mass is 10.3. The lowest BCUT2D eigenvalue weighted by molar-refractivity contribution is 0.414. The first-order valence-corrected chi connectivity index (χ1v) is 4.91. The summed E-state index contributed by atoms with van der Waals surface area (Å²) in [5.74, 6) is 0.701. The SMILES string of the molecule is COc1cccc(-n2ncc(C)cc2=O)c1. The van der Waals surface area contributed by atoms with Crippen molar-refractivity contribution in [2.75, 3.05) is 7.11 Å². The predicted molar refractivity (Wildman–Crippen MR) is 61.1 cm³/mol. The summed E-state index contributed by atoms with van der Waals surface area (Å²) < 4.78 is 6.44. The summed E-state index contributed by atoms with van der Waals surface area (Å²) in [4.78, 5) is 11.7. The maximum Gasteiger partial charge on any atom is 0.271 e. The van der Waals surface area contributed by atoms with Gasteiger partial charge < -0.3 is 4.74 Å². The fraction of sp³-hybridized carbons (Fsp3) is 0.167. The van der Waals surface area contributed by atoms with Gasteiger partial charge in [0.25, 0.3) is 5.56 Å². The van der Waals surface area contributed by atoms with Gasteiger partial charge in [-0.1, -0.05) is 6.07 Å². The third kappa shape index (κ3) is 1.95. The number of aromatic nitrogens is 2. The van der Waals surface area contributed by atoms with Crippen molar-refractivity contribution >= 4 is 0 Å². The summed E-state index contributed by atoms with van der Waals surface area (Å²) in [5.41, 5.74) is 1.40. The number of benzene rings is 1. The van der Waals surface area contributed by atoms with Crippen molar-refractivity contribution in [1.82, 2.24) is 9.78 Å². The Kier molecular flexibility index (Phi) is 2.72. The third-order valence-corrected chi connectivity index (χ3v) is 2.23. The van der Waals surface area contributed by atoms with E-state index in [2.05, 4.69) is 5.10 Å². The zero-order valence-corrected chi connectivity index (χ0v) is 9.18. The van der Waals surface area contributed by atoms with E-state index >= 15 is 0 Å². The Morgan fingerprint density at radius 3 is 2.81 bits per heavy atom. The van der Waals surface area contributed by atoms with Gasteiger partial charge in [-0.05, 0) is 24.6 Å². The van der Waals surface area contributed by atoms with Gasteiger partial charge in [-0.3, -0.25) is 4.79 Å². The average Bonchev–Trinajstić information content (AvgIpc) is 2.29. The van der Waals surface area contributed by atoms with E-state index in [0.717, 1.165) is 5.56 Å². The highest BCUT2D eigenvalue weighted by atomic mass is 16.5. The van der Waals surface area contributed by atoms with Gasteiger partial charge in [-0.25, -0.2) is 0 Å².